The first-order chi connectivity index (χ1) is 18.1. The van der Waals surface area contributed by atoms with Crippen LogP contribution in [0.4, 0.5) is 4.39 Å². The number of ether oxygens (including phenoxy) is 2. The number of carbonyl (C=O) groups is 2. The van der Waals surface area contributed by atoms with E-state index in [-0.39, 0.29) is 33.9 Å². The minimum absolute atomic E-state index is 0.0195. The Morgan fingerprint density at radius 2 is 1.74 bits per heavy atom. The molecule has 0 spiro atoms. The maximum atomic E-state index is 13.6. The maximum absolute atomic E-state index is 13.6. The Labute approximate surface area is 227 Å². The summed E-state index contributed by atoms with van der Waals surface area (Å²) >= 11 is 12.0. The average molecular weight is 558 g/mol. The van der Waals surface area contributed by atoms with Gasteiger partial charge in [-0.2, -0.15) is 0 Å². The summed E-state index contributed by atoms with van der Waals surface area (Å²) in [6, 6.07) is 13.4. The molecule has 3 aromatic carbocycles. The maximum Gasteiger partial charge on any atom is 0.311 e. The van der Waals surface area contributed by atoms with Gasteiger partial charge in [0.05, 0.1) is 22.6 Å². The van der Waals surface area contributed by atoms with Crippen LogP contribution >= 0.6 is 23.2 Å². The highest BCUT2D eigenvalue weighted by atomic mass is 35.5. The Bertz CT molecular complexity index is 1460. The van der Waals surface area contributed by atoms with E-state index in [9.17, 15) is 19.1 Å². The molecule has 0 aromatic heterocycles. The lowest BCUT2D eigenvalue weighted by molar-refractivity contribution is -0.139. The third-order valence-corrected chi connectivity index (χ3v) is 6.30. The molecule has 11 heteroatoms. The van der Waals surface area contributed by atoms with Gasteiger partial charge >= 0.3 is 5.97 Å². The van der Waals surface area contributed by atoms with E-state index in [1.54, 1.807) is 24.3 Å². The Morgan fingerprint density at radius 3 is 2.42 bits per heavy atom. The number of aliphatic carboxylic acids is 1. The van der Waals surface area contributed by atoms with Crippen molar-refractivity contribution in [2.75, 3.05) is 6.61 Å². The number of nitrogens with one attached hydrogen (secondary N) is 1. The van der Waals surface area contributed by atoms with Crippen LogP contribution in [-0.2, 0) is 4.79 Å². The molecule has 8 nitrogen and oxygen atoms in total. The molecule has 1 aliphatic heterocycles. The number of fused-ring (bicyclic) bond motifs is 1. The number of amides is 1. The van der Waals surface area contributed by atoms with Crippen molar-refractivity contribution in [3.8, 4) is 17.2 Å². The molecule has 0 saturated heterocycles. The lowest BCUT2D eigenvalue weighted by Crippen LogP contribution is -2.27. The number of hydrogen-bond acceptors (Lipinski definition) is 6. The smallest absolute Gasteiger partial charge is 0.311 e. The predicted molar refractivity (Wildman–Crippen MR) is 142 cm³/mol. The van der Waals surface area contributed by atoms with Gasteiger partial charge in [-0.3, -0.25) is 9.59 Å². The lowest BCUT2D eigenvalue weighted by atomic mass is 9.93. The van der Waals surface area contributed by atoms with E-state index in [1.165, 1.54) is 42.5 Å². The monoisotopic (exact) mass is 557 g/mol. The second-order valence-electron chi connectivity index (χ2n) is 8.30. The molecule has 196 valence electrons. The summed E-state index contributed by atoms with van der Waals surface area (Å²) in [6.45, 7) is 0.272. The minimum Gasteiger partial charge on any atom is -0.493 e. The van der Waals surface area contributed by atoms with Crippen LogP contribution in [0.2, 0.25) is 10.0 Å². The number of carboxylic acids is 1. The zero-order valence-electron chi connectivity index (χ0n) is 19.7. The summed E-state index contributed by atoms with van der Waals surface area (Å²) in [5.74, 6) is -1.63. The van der Waals surface area contributed by atoms with Crippen molar-refractivity contribution >= 4 is 40.8 Å². The molecule has 1 heterocycles. The topological polar surface area (TPSA) is 137 Å². The van der Waals surface area contributed by atoms with Crippen molar-refractivity contribution in [3.63, 3.8) is 0 Å². The number of halogens is 3. The quantitative estimate of drug-likeness (QED) is 0.285. The highest BCUT2D eigenvalue weighted by Crippen LogP contribution is 2.41. The molecule has 3 aromatic rings. The van der Waals surface area contributed by atoms with Crippen LogP contribution in [0.3, 0.4) is 0 Å². The van der Waals surface area contributed by atoms with Crippen LogP contribution in [0.1, 0.15) is 33.8 Å². The van der Waals surface area contributed by atoms with E-state index in [1.807, 2.05) is 0 Å². The van der Waals surface area contributed by atoms with Gasteiger partial charge in [0.25, 0.3) is 5.91 Å². The number of benzene rings is 3. The molecule has 0 fully saturated rings. The van der Waals surface area contributed by atoms with Crippen LogP contribution in [0, 0.1) is 5.82 Å². The van der Waals surface area contributed by atoms with Crippen molar-refractivity contribution in [1.82, 2.24) is 5.32 Å². The van der Waals surface area contributed by atoms with E-state index >= 15 is 0 Å². The molecule has 4 rings (SSSR count). The van der Waals surface area contributed by atoms with Gasteiger partial charge in [0.2, 0.25) is 0 Å². The van der Waals surface area contributed by atoms with E-state index in [0.717, 1.165) is 0 Å². The summed E-state index contributed by atoms with van der Waals surface area (Å²) in [7, 11) is 0. The summed E-state index contributed by atoms with van der Waals surface area (Å²) in [5.41, 5.74) is 13.2. The molecule has 6 N–H and O–H groups in total. The van der Waals surface area contributed by atoms with Gasteiger partial charge in [-0.15, -0.1) is 0 Å². The molecule has 38 heavy (non-hydrogen) atoms. The molecule has 0 saturated carbocycles. The zero-order valence-corrected chi connectivity index (χ0v) is 21.2. The number of carboxylic acid groups (broad SMARTS) is 1. The molecule has 1 aliphatic rings. The highest BCUT2D eigenvalue weighted by molar-refractivity contribution is 6.32. The first-order valence-electron chi connectivity index (χ1n) is 11.3. The Hall–Kier alpha value is -4.21. The van der Waals surface area contributed by atoms with Crippen LogP contribution < -0.4 is 26.3 Å². The molecular formula is C27H22Cl2FN3O5. The lowest BCUT2D eigenvalue weighted by Gasteiger charge is -2.24. The highest BCUT2D eigenvalue weighted by Gasteiger charge is 2.29. The van der Waals surface area contributed by atoms with E-state index < -0.39 is 23.6 Å². The molecule has 1 amide bonds. The summed E-state index contributed by atoms with van der Waals surface area (Å²) in [4.78, 5) is 24.1. The van der Waals surface area contributed by atoms with Crippen molar-refractivity contribution in [3.05, 3.63) is 105 Å². The van der Waals surface area contributed by atoms with E-state index in [4.69, 9.17) is 44.1 Å². The fourth-order valence-electron chi connectivity index (χ4n) is 3.72. The standard InChI is InChI=1S/C27H22Cl2FN3O5/c28-19-6-3-15(11-21(19)30)22(31)7-8-25(32)33-26(34)14-1-4-16(5-2-14)38-24-13-23-18(12-20(24)29)17(27(35)36)9-10-37-23/h1-8,11-13,17H,9-10,31-32H2,(H,33,34)(H,35,36)/b22-7-,25-8+. The predicted octanol–water partition coefficient (Wildman–Crippen LogP) is 5.41. The first-order valence-corrected chi connectivity index (χ1v) is 12.0. The van der Waals surface area contributed by atoms with Crippen molar-refractivity contribution in [1.29, 1.82) is 0 Å². The molecule has 1 atom stereocenters. The Morgan fingerprint density at radius 1 is 1.03 bits per heavy atom. The number of hydrogen-bond donors (Lipinski definition) is 4. The normalized spacial score (nSPS) is 15.3. The molecular weight excluding hydrogens is 536 g/mol. The third-order valence-electron chi connectivity index (χ3n) is 5.70. The van der Waals surface area contributed by atoms with Crippen molar-refractivity contribution in [2.45, 2.75) is 12.3 Å². The molecule has 0 aliphatic carbocycles. The van der Waals surface area contributed by atoms with Crippen molar-refractivity contribution in [2.24, 2.45) is 11.5 Å². The number of carbonyl (C=O) groups excluding carboxylic acids is 1. The van der Waals surface area contributed by atoms with Crippen LogP contribution in [0.15, 0.2) is 72.6 Å². The van der Waals surface area contributed by atoms with Gasteiger partial charge in [-0.25, -0.2) is 4.39 Å². The van der Waals surface area contributed by atoms with Gasteiger partial charge in [0.1, 0.15) is 28.9 Å². The summed E-state index contributed by atoms with van der Waals surface area (Å²) in [6.07, 6.45) is 3.17. The second-order valence-corrected chi connectivity index (χ2v) is 9.12. The molecule has 0 radical (unpaired) electrons. The van der Waals surface area contributed by atoms with E-state index in [2.05, 4.69) is 5.32 Å². The van der Waals surface area contributed by atoms with Crippen LogP contribution in [0.25, 0.3) is 5.70 Å². The zero-order chi connectivity index (χ0) is 27.4. The molecule has 1 unspecified atom stereocenters. The van der Waals surface area contributed by atoms with Crippen LogP contribution in [0.5, 0.6) is 17.2 Å². The number of nitrogens with two attached hydrogens (primary N) is 2. The van der Waals surface area contributed by atoms with Gasteiger partial charge in [-0.1, -0.05) is 29.3 Å². The van der Waals surface area contributed by atoms with E-state index in [0.29, 0.717) is 34.6 Å². The number of allylic oxidation sites excluding steroid dienone is 2. The van der Waals surface area contributed by atoms with Crippen LogP contribution in [-0.4, -0.2) is 23.6 Å². The summed E-state index contributed by atoms with van der Waals surface area (Å²) in [5, 5.41) is 12.2. The molecule has 0 bridgehead atoms. The van der Waals surface area contributed by atoms with Gasteiger partial charge in [-0.05, 0) is 61.0 Å². The minimum atomic E-state index is -0.944. The third kappa shape index (κ3) is 6.19. The summed E-state index contributed by atoms with van der Waals surface area (Å²) < 4.78 is 25.0. The van der Waals surface area contributed by atoms with Gasteiger partial charge in [0.15, 0.2) is 0 Å². The largest absolute Gasteiger partial charge is 0.493 e. The average Bonchev–Trinajstić information content (AvgIpc) is 2.89. The van der Waals surface area contributed by atoms with Crippen molar-refractivity contribution < 1.29 is 28.6 Å². The van der Waals surface area contributed by atoms with Gasteiger partial charge < -0.3 is 31.4 Å². The fourth-order valence-corrected chi connectivity index (χ4v) is 4.05. The first kappa shape index (κ1) is 26.8. The fraction of sp³-hybridized carbons (Fsp3) is 0.111. The second kappa shape index (κ2) is 11.5. The van der Waals surface area contributed by atoms with Gasteiger partial charge in [0, 0.05) is 28.5 Å². The SMILES string of the molecule is N/C(=C\C=C(/N)NC(=O)c1ccc(Oc2cc3c(cc2Cl)C(C(=O)O)CCO3)cc1)c1ccc(Cl)c(F)c1. The number of rotatable bonds is 7. The Kier molecular flexibility index (Phi) is 8.09. The Balaban J connectivity index is 1.41.